The van der Waals surface area contributed by atoms with Crippen molar-refractivity contribution < 1.29 is 19.8 Å². The zero-order valence-electron chi connectivity index (χ0n) is 20.9. The van der Waals surface area contributed by atoms with Crippen LogP contribution < -0.4 is 9.80 Å². The van der Waals surface area contributed by atoms with E-state index in [1.165, 1.54) is 0 Å². The minimum absolute atomic E-state index is 0.00354. The number of phenols is 2. The molecule has 5 unspecified atom stereocenters. The van der Waals surface area contributed by atoms with E-state index < -0.39 is 5.66 Å². The second-order valence-corrected chi connectivity index (χ2v) is 11.4. The van der Waals surface area contributed by atoms with Gasteiger partial charge in [-0.2, -0.15) is 0 Å². The Morgan fingerprint density at radius 3 is 1.87 bits per heavy atom. The lowest BCUT2D eigenvalue weighted by atomic mass is 9.55. The number of anilines is 2. The highest BCUT2D eigenvalue weighted by molar-refractivity contribution is 6.14. The Bertz CT molecular complexity index is 1680. The highest BCUT2D eigenvalue weighted by Gasteiger charge is 2.75. The van der Waals surface area contributed by atoms with Gasteiger partial charge in [0.25, 0.3) is 0 Å². The van der Waals surface area contributed by atoms with Crippen LogP contribution in [-0.2, 0) is 9.59 Å². The van der Waals surface area contributed by atoms with E-state index >= 15 is 0 Å². The summed E-state index contributed by atoms with van der Waals surface area (Å²) in [5.74, 6) is 1.17. The molecule has 4 fully saturated rings. The molecule has 4 aromatic carbocycles. The van der Waals surface area contributed by atoms with E-state index in [-0.39, 0.29) is 35.1 Å². The van der Waals surface area contributed by atoms with Gasteiger partial charge in [0.1, 0.15) is 17.2 Å². The first-order chi connectivity index (χ1) is 18.5. The van der Waals surface area contributed by atoms with E-state index in [4.69, 9.17) is 0 Å². The number of benzene rings is 4. The van der Waals surface area contributed by atoms with Gasteiger partial charge in [0.2, 0.25) is 11.8 Å². The third kappa shape index (κ3) is 2.53. The van der Waals surface area contributed by atoms with E-state index in [0.29, 0.717) is 35.4 Å². The first-order valence-electron chi connectivity index (χ1n) is 13.6. The normalized spacial score (nSPS) is 29.9. The Balaban J connectivity index is 1.42. The highest BCUT2D eigenvalue weighted by Crippen LogP contribution is 2.68. The van der Waals surface area contributed by atoms with Gasteiger partial charge < -0.3 is 10.2 Å². The summed E-state index contributed by atoms with van der Waals surface area (Å²) in [6, 6.07) is 22.2. The molecule has 1 spiro atoms. The van der Waals surface area contributed by atoms with E-state index in [0.717, 1.165) is 41.4 Å². The van der Waals surface area contributed by atoms with Gasteiger partial charge in [-0.3, -0.25) is 19.4 Å². The van der Waals surface area contributed by atoms with E-state index in [1.807, 2.05) is 70.5 Å². The molecule has 0 radical (unpaired) electrons. The molecule has 2 aliphatic carbocycles. The molecule has 5 atom stereocenters. The van der Waals surface area contributed by atoms with Gasteiger partial charge in [-0.25, -0.2) is 0 Å². The van der Waals surface area contributed by atoms with Crippen molar-refractivity contribution in [2.45, 2.75) is 37.8 Å². The summed E-state index contributed by atoms with van der Waals surface area (Å²) in [5.41, 5.74) is 0.659. The van der Waals surface area contributed by atoms with Gasteiger partial charge in [0.15, 0.2) is 0 Å². The molecule has 6 nitrogen and oxygen atoms in total. The first kappa shape index (κ1) is 22.0. The maximum absolute atomic E-state index is 14.5. The van der Waals surface area contributed by atoms with Crippen molar-refractivity contribution >= 4 is 44.7 Å². The third-order valence-corrected chi connectivity index (χ3v) is 9.94. The number of carbonyl (C=O) groups is 2. The largest absolute Gasteiger partial charge is 0.507 e. The summed E-state index contributed by atoms with van der Waals surface area (Å²) < 4.78 is 0. The molecule has 190 valence electrons. The fourth-order valence-corrected chi connectivity index (χ4v) is 8.61. The molecule has 2 N–H and O–H groups in total. The van der Waals surface area contributed by atoms with E-state index in [9.17, 15) is 19.8 Å². The van der Waals surface area contributed by atoms with Crippen LogP contribution in [0, 0.1) is 23.7 Å². The number of aromatic hydroxyl groups is 2. The van der Waals surface area contributed by atoms with Crippen LogP contribution in [0.4, 0.5) is 11.4 Å². The molecular weight excluding hydrogens is 476 g/mol. The van der Waals surface area contributed by atoms with Crippen LogP contribution in [0.5, 0.6) is 11.5 Å². The van der Waals surface area contributed by atoms with Crippen molar-refractivity contribution in [2.24, 2.45) is 23.7 Å². The van der Waals surface area contributed by atoms with Crippen molar-refractivity contribution in [1.82, 2.24) is 0 Å². The zero-order chi connectivity index (χ0) is 25.8. The Labute approximate surface area is 220 Å². The topological polar surface area (TPSA) is 81.1 Å². The minimum atomic E-state index is -0.830. The molecule has 2 saturated carbocycles. The molecule has 0 bridgehead atoms. The van der Waals surface area contributed by atoms with Crippen molar-refractivity contribution in [2.75, 3.05) is 9.80 Å². The number of hydrogen-bond acceptors (Lipinski definition) is 4. The average Bonchev–Trinajstić information content (AvgIpc) is 3.54. The summed E-state index contributed by atoms with van der Waals surface area (Å²) in [4.78, 5) is 32.3. The predicted octanol–water partition coefficient (Wildman–Crippen LogP) is 5.94. The number of rotatable bonds is 2. The Morgan fingerprint density at radius 2 is 1.24 bits per heavy atom. The molecule has 2 amide bonds. The Hall–Kier alpha value is -4.06. The maximum Gasteiger partial charge on any atom is 0.232 e. The van der Waals surface area contributed by atoms with Crippen molar-refractivity contribution in [3.63, 3.8) is 0 Å². The second kappa shape index (κ2) is 7.50. The van der Waals surface area contributed by atoms with Gasteiger partial charge in [0, 0.05) is 39.8 Å². The lowest BCUT2D eigenvalue weighted by Crippen LogP contribution is -2.63. The molecule has 2 aliphatic heterocycles. The number of amides is 2. The second-order valence-electron chi connectivity index (χ2n) is 11.4. The van der Waals surface area contributed by atoms with Crippen LogP contribution in [0.3, 0.4) is 0 Å². The van der Waals surface area contributed by atoms with Gasteiger partial charge in [-0.1, -0.05) is 55.0 Å². The molecule has 0 aromatic heterocycles. The van der Waals surface area contributed by atoms with Crippen LogP contribution >= 0.6 is 0 Å². The minimum Gasteiger partial charge on any atom is -0.507 e. The molecule has 8 rings (SSSR count). The molecule has 6 heteroatoms. The molecule has 2 heterocycles. The molecule has 4 aliphatic rings. The van der Waals surface area contributed by atoms with Gasteiger partial charge in [0.05, 0.1) is 11.4 Å². The number of carbonyl (C=O) groups excluding carboxylic acids is 2. The Kier molecular flexibility index (Phi) is 4.34. The molecular formula is C32H28N2O4. The van der Waals surface area contributed by atoms with Crippen LogP contribution in [0.2, 0.25) is 0 Å². The standard InChI is InChI=1S/C32H28N2O4/c35-26-14-12-24(18-6-1-3-8-20(18)26)33-28(37)16-17-32(33)30-23-11-5-10-22(23)29(30)31(38)34(32)25-13-15-27(36)21-9-4-2-7-19(21)25/h1-4,6-9,12-15,22-23,29-30,35-36H,5,10-11,16-17H2. The lowest BCUT2D eigenvalue weighted by molar-refractivity contribution is -0.129. The highest BCUT2D eigenvalue weighted by atomic mass is 16.3. The summed E-state index contributed by atoms with van der Waals surface area (Å²) in [5, 5.41) is 24.2. The number of fused-ring (bicyclic) bond motifs is 7. The third-order valence-electron chi connectivity index (χ3n) is 9.94. The van der Waals surface area contributed by atoms with Gasteiger partial charge in [-0.15, -0.1) is 0 Å². The summed E-state index contributed by atoms with van der Waals surface area (Å²) in [6.45, 7) is 0. The number of phenolic OH excluding ortho intramolecular Hbond substituents is 2. The zero-order valence-corrected chi connectivity index (χ0v) is 20.9. The van der Waals surface area contributed by atoms with Crippen LogP contribution in [0.1, 0.15) is 32.1 Å². The van der Waals surface area contributed by atoms with Crippen LogP contribution in [-0.4, -0.2) is 27.7 Å². The summed E-state index contributed by atoms with van der Waals surface area (Å²) in [7, 11) is 0. The average molecular weight is 505 g/mol. The molecule has 38 heavy (non-hydrogen) atoms. The van der Waals surface area contributed by atoms with E-state index in [2.05, 4.69) is 0 Å². The SMILES string of the molecule is O=C1CCC2(C3C4CCCC4C3C(=O)N2c2ccc(O)c3ccccc23)N1c1ccc(O)c2ccccc12. The lowest BCUT2D eigenvalue weighted by Gasteiger charge is -2.53. The number of hydrogen-bond donors (Lipinski definition) is 2. The van der Waals surface area contributed by atoms with Crippen molar-refractivity contribution in [3.05, 3.63) is 72.8 Å². The predicted molar refractivity (Wildman–Crippen MR) is 146 cm³/mol. The monoisotopic (exact) mass is 504 g/mol. The smallest absolute Gasteiger partial charge is 0.232 e. The number of nitrogens with zero attached hydrogens (tertiary/aromatic N) is 2. The summed E-state index contributed by atoms with van der Waals surface area (Å²) in [6.07, 6.45) is 4.20. The molecule has 4 aromatic rings. The molecule has 2 saturated heterocycles. The van der Waals surface area contributed by atoms with Gasteiger partial charge in [-0.05, 0) is 55.4 Å². The van der Waals surface area contributed by atoms with E-state index in [1.54, 1.807) is 12.1 Å². The van der Waals surface area contributed by atoms with Crippen molar-refractivity contribution in [3.8, 4) is 11.5 Å². The maximum atomic E-state index is 14.5. The van der Waals surface area contributed by atoms with Crippen LogP contribution in [0.15, 0.2) is 72.8 Å². The van der Waals surface area contributed by atoms with Crippen LogP contribution in [0.25, 0.3) is 21.5 Å². The fraction of sp³-hybridized carbons (Fsp3) is 0.312. The fourth-order valence-electron chi connectivity index (χ4n) is 8.61. The first-order valence-corrected chi connectivity index (χ1v) is 13.6. The quantitative estimate of drug-likeness (QED) is 0.354. The van der Waals surface area contributed by atoms with Crippen molar-refractivity contribution in [1.29, 1.82) is 0 Å². The van der Waals surface area contributed by atoms with Gasteiger partial charge >= 0.3 is 0 Å². The summed E-state index contributed by atoms with van der Waals surface area (Å²) >= 11 is 0. The Morgan fingerprint density at radius 1 is 0.684 bits per heavy atom.